The highest BCUT2D eigenvalue weighted by molar-refractivity contribution is 5.67. The molecule has 4 nitrogen and oxygen atoms in total. The molecule has 0 aliphatic carbocycles. The van der Waals surface area contributed by atoms with Crippen LogP contribution < -0.4 is 4.74 Å². The van der Waals surface area contributed by atoms with E-state index in [0.29, 0.717) is 0 Å². The summed E-state index contributed by atoms with van der Waals surface area (Å²) in [4.78, 5) is 7.04. The molecular weight excluding hydrogens is 334 g/mol. The summed E-state index contributed by atoms with van der Waals surface area (Å²) in [6.45, 7) is 2.48. The Morgan fingerprint density at radius 2 is 2.04 bits per heavy atom. The largest absolute Gasteiger partial charge is 0.487 e. The predicted molar refractivity (Wildman–Crippen MR) is 106 cm³/mol. The molecule has 6 rings (SSSR count). The molecule has 1 spiro atoms. The lowest BCUT2D eigenvalue weighted by atomic mass is 9.80. The third-order valence-corrected chi connectivity index (χ3v) is 6.83. The van der Waals surface area contributed by atoms with Crippen LogP contribution in [0.3, 0.4) is 0 Å². The van der Waals surface area contributed by atoms with Gasteiger partial charge in [-0.2, -0.15) is 0 Å². The van der Waals surface area contributed by atoms with Gasteiger partial charge in [-0.15, -0.1) is 0 Å². The number of hydrogen-bond acceptors (Lipinski definition) is 3. The molecule has 0 saturated carbocycles. The van der Waals surface area contributed by atoms with Gasteiger partial charge in [-0.25, -0.2) is 4.98 Å². The zero-order valence-corrected chi connectivity index (χ0v) is 15.6. The average Bonchev–Trinajstić information content (AvgIpc) is 3.30. The zero-order valence-electron chi connectivity index (χ0n) is 15.6. The summed E-state index contributed by atoms with van der Waals surface area (Å²) in [6.07, 6.45) is 13.5. The molecule has 0 N–H and O–H groups in total. The van der Waals surface area contributed by atoms with Crippen molar-refractivity contribution in [1.29, 1.82) is 0 Å². The van der Waals surface area contributed by atoms with Crippen molar-refractivity contribution in [2.75, 3.05) is 13.1 Å². The maximum atomic E-state index is 6.59. The molecule has 27 heavy (non-hydrogen) atoms. The van der Waals surface area contributed by atoms with Crippen LogP contribution in [0, 0.1) is 0 Å². The SMILES string of the molecule is c1cn2cc(-c3ccc4c(c3)CC3(CCN5CCCCC5C3)O4)ccc2n1. The number of rotatable bonds is 1. The molecular formula is C23H25N3O. The van der Waals surface area contributed by atoms with E-state index in [1.807, 2.05) is 12.4 Å². The van der Waals surface area contributed by atoms with Gasteiger partial charge in [0.05, 0.1) is 0 Å². The standard InChI is InChI=1S/C23H25N3O/c1-2-10-25-11-8-23(15-20(25)3-1)14-19-13-17(4-6-21(19)27-23)18-5-7-22-24-9-12-26(22)16-18/h4-7,9,12-13,16,20H,1-3,8,10-11,14-15H2. The number of pyridine rings is 1. The van der Waals surface area contributed by atoms with Crippen LogP contribution >= 0.6 is 0 Å². The first kappa shape index (κ1) is 15.7. The Hall–Kier alpha value is -2.33. The molecule has 5 heterocycles. The lowest BCUT2D eigenvalue weighted by molar-refractivity contribution is -0.0249. The van der Waals surface area contributed by atoms with Gasteiger partial charge in [0.1, 0.15) is 17.0 Å². The van der Waals surface area contributed by atoms with Crippen molar-refractivity contribution in [2.45, 2.75) is 50.2 Å². The molecule has 3 aliphatic heterocycles. The number of ether oxygens (including phenoxy) is 1. The lowest BCUT2D eigenvalue weighted by Crippen LogP contribution is -2.54. The van der Waals surface area contributed by atoms with Gasteiger partial charge in [0.25, 0.3) is 0 Å². The fourth-order valence-corrected chi connectivity index (χ4v) is 5.42. The van der Waals surface area contributed by atoms with E-state index in [-0.39, 0.29) is 5.60 Å². The maximum Gasteiger partial charge on any atom is 0.136 e. The van der Waals surface area contributed by atoms with Crippen molar-refractivity contribution < 1.29 is 4.74 Å². The highest BCUT2D eigenvalue weighted by Crippen LogP contribution is 2.45. The molecule has 0 bridgehead atoms. The van der Waals surface area contributed by atoms with E-state index in [0.717, 1.165) is 30.3 Å². The van der Waals surface area contributed by atoms with Gasteiger partial charge in [-0.05, 0) is 60.3 Å². The summed E-state index contributed by atoms with van der Waals surface area (Å²) in [6, 6.07) is 11.7. The van der Waals surface area contributed by atoms with Crippen LogP contribution in [0.25, 0.3) is 16.8 Å². The van der Waals surface area contributed by atoms with Crippen LogP contribution in [-0.4, -0.2) is 39.0 Å². The number of benzene rings is 1. The smallest absolute Gasteiger partial charge is 0.136 e. The molecule has 2 unspecified atom stereocenters. The van der Waals surface area contributed by atoms with Crippen LogP contribution in [0.1, 0.15) is 37.7 Å². The van der Waals surface area contributed by atoms with E-state index in [1.165, 1.54) is 55.5 Å². The van der Waals surface area contributed by atoms with Crippen molar-refractivity contribution in [3.63, 3.8) is 0 Å². The topological polar surface area (TPSA) is 29.8 Å². The van der Waals surface area contributed by atoms with Gasteiger partial charge in [0, 0.05) is 50.4 Å². The molecule has 2 atom stereocenters. The molecule has 2 saturated heterocycles. The third-order valence-electron chi connectivity index (χ3n) is 6.83. The van der Waals surface area contributed by atoms with Gasteiger partial charge >= 0.3 is 0 Å². The highest BCUT2D eigenvalue weighted by atomic mass is 16.5. The molecule has 3 aliphatic rings. The Morgan fingerprint density at radius 1 is 1.07 bits per heavy atom. The molecule has 2 fully saturated rings. The Kier molecular flexibility index (Phi) is 3.39. The van der Waals surface area contributed by atoms with Crippen molar-refractivity contribution in [3.8, 4) is 16.9 Å². The molecule has 0 amide bonds. The Bertz CT molecular complexity index is 1010. The summed E-state index contributed by atoms with van der Waals surface area (Å²) in [7, 11) is 0. The maximum absolute atomic E-state index is 6.59. The molecule has 1 aromatic carbocycles. The molecule has 3 aromatic rings. The van der Waals surface area contributed by atoms with Gasteiger partial charge in [-0.1, -0.05) is 12.5 Å². The minimum Gasteiger partial charge on any atom is -0.487 e. The predicted octanol–water partition coefficient (Wildman–Crippen LogP) is 4.32. The average molecular weight is 359 g/mol. The fraction of sp³-hybridized carbons (Fsp3) is 0.435. The van der Waals surface area contributed by atoms with Crippen LogP contribution in [0.4, 0.5) is 0 Å². The highest BCUT2D eigenvalue weighted by Gasteiger charge is 2.46. The first-order valence-electron chi connectivity index (χ1n) is 10.3. The van der Waals surface area contributed by atoms with Gasteiger partial charge in [0.15, 0.2) is 0 Å². The van der Waals surface area contributed by atoms with Gasteiger partial charge < -0.3 is 14.0 Å². The number of hydrogen-bond donors (Lipinski definition) is 0. The second-order valence-corrected chi connectivity index (χ2v) is 8.53. The fourth-order valence-electron chi connectivity index (χ4n) is 5.42. The molecule has 138 valence electrons. The van der Waals surface area contributed by atoms with Crippen LogP contribution in [0.2, 0.25) is 0 Å². The Balaban J connectivity index is 1.29. The van der Waals surface area contributed by atoms with Crippen LogP contribution in [0.15, 0.2) is 48.9 Å². The van der Waals surface area contributed by atoms with Crippen molar-refractivity contribution >= 4 is 5.65 Å². The van der Waals surface area contributed by atoms with Crippen molar-refractivity contribution in [2.24, 2.45) is 0 Å². The first-order valence-corrected chi connectivity index (χ1v) is 10.3. The second-order valence-electron chi connectivity index (χ2n) is 8.53. The summed E-state index contributed by atoms with van der Waals surface area (Å²) in [5.41, 5.74) is 4.89. The van der Waals surface area contributed by atoms with E-state index >= 15 is 0 Å². The van der Waals surface area contributed by atoms with Crippen LogP contribution in [-0.2, 0) is 6.42 Å². The number of nitrogens with zero attached hydrogens (tertiary/aromatic N) is 3. The summed E-state index contributed by atoms with van der Waals surface area (Å²) >= 11 is 0. The monoisotopic (exact) mass is 359 g/mol. The second kappa shape index (κ2) is 5.83. The number of aromatic nitrogens is 2. The minimum absolute atomic E-state index is 0.0355. The summed E-state index contributed by atoms with van der Waals surface area (Å²) in [5, 5.41) is 0. The van der Waals surface area contributed by atoms with E-state index < -0.39 is 0 Å². The summed E-state index contributed by atoms with van der Waals surface area (Å²) in [5.74, 6) is 1.10. The van der Waals surface area contributed by atoms with E-state index in [2.05, 4.69) is 50.8 Å². The van der Waals surface area contributed by atoms with E-state index in [1.54, 1.807) is 0 Å². The van der Waals surface area contributed by atoms with Gasteiger partial charge in [0.2, 0.25) is 0 Å². The number of imidazole rings is 1. The molecule has 4 heteroatoms. The lowest BCUT2D eigenvalue weighted by Gasteiger charge is -2.46. The Morgan fingerprint density at radius 3 is 3.04 bits per heavy atom. The molecule has 0 radical (unpaired) electrons. The zero-order chi connectivity index (χ0) is 17.8. The van der Waals surface area contributed by atoms with Crippen molar-refractivity contribution in [3.05, 3.63) is 54.5 Å². The first-order chi connectivity index (χ1) is 13.3. The van der Waals surface area contributed by atoms with E-state index in [9.17, 15) is 0 Å². The molecule has 2 aromatic heterocycles. The van der Waals surface area contributed by atoms with Crippen LogP contribution in [0.5, 0.6) is 5.75 Å². The normalized spacial score (nSPS) is 27.5. The number of fused-ring (bicyclic) bond motifs is 3. The number of piperidine rings is 2. The third kappa shape index (κ3) is 2.58. The quantitative estimate of drug-likeness (QED) is 0.648. The minimum atomic E-state index is 0.0355. The Labute approximate surface area is 159 Å². The summed E-state index contributed by atoms with van der Waals surface area (Å²) < 4.78 is 8.67. The van der Waals surface area contributed by atoms with Gasteiger partial charge in [-0.3, -0.25) is 0 Å². The van der Waals surface area contributed by atoms with E-state index in [4.69, 9.17) is 4.74 Å². The van der Waals surface area contributed by atoms with Crippen molar-refractivity contribution in [1.82, 2.24) is 14.3 Å².